The molecule has 7 heteroatoms. The number of benzene rings is 1. The lowest BCUT2D eigenvalue weighted by molar-refractivity contribution is -0.137. The van der Waals surface area contributed by atoms with Gasteiger partial charge in [0.25, 0.3) is 5.91 Å². The summed E-state index contributed by atoms with van der Waals surface area (Å²) >= 11 is 0. The van der Waals surface area contributed by atoms with Crippen molar-refractivity contribution in [1.29, 1.82) is 0 Å². The molecule has 0 saturated carbocycles. The molecule has 0 atom stereocenters. The Kier molecular flexibility index (Phi) is 5.13. The fourth-order valence-electron chi connectivity index (χ4n) is 2.90. The van der Waals surface area contributed by atoms with E-state index in [4.69, 9.17) is 9.15 Å². The van der Waals surface area contributed by atoms with E-state index >= 15 is 0 Å². The van der Waals surface area contributed by atoms with Crippen molar-refractivity contribution in [2.24, 2.45) is 0 Å². The summed E-state index contributed by atoms with van der Waals surface area (Å²) in [4.78, 5) is 14.6. The molecule has 1 aliphatic heterocycles. The maximum Gasteiger partial charge on any atom is 0.416 e. The van der Waals surface area contributed by atoms with Gasteiger partial charge >= 0.3 is 6.18 Å². The molecule has 0 spiro atoms. The molecule has 3 rings (SSSR count). The van der Waals surface area contributed by atoms with Crippen molar-refractivity contribution in [2.45, 2.75) is 31.6 Å². The van der Waals surface area contributed by atoms with Crippen LogP contribution in [0, 0.1) is 0 Å². The van der Waals surface area contributed by atoms with Crippen LogP contribution in [0.4, 0.5) is 13.2 Å². The standard InChI is InChI=1S/C18H18F3NO3/c19-18(20,21)14-5-3-13(4-6-14)17(23)22(12-16-2-1-9-25-16)15-7-10-24-11-8-15/h1-6,9,15H,7-8,10-12H2. The highest BCUT2D eigenvalue weighted by Gasteiger charge is 2.31. The average Bonchev–Trinajstić information content (AvgIpc) is 3.12. The van der Waals surface area contributed by atoms with E-state index in [9.17, 15) is 18.0 Å². The Morgan fingerprint density at radius 1 is 1.12 bits per heavy atom. The fraction of sp³-hybridized carbons (Fsp3) is 0.389. The van der Waals surface area contributed by atoms with E-state index in [2.05, 4.69) is 0 Å². The third-order valence-electron chi connectivity index (χ3n) is 4.26. The van der Waals surface area contributed by atoms with Gasteiger partial charge in [0.05, 0.1) is 18.4 Å². The van der Waals surface area contributed by atoms with Crippen LogP contribution in [0.15, 0.2) is 47.1 Å². The molecule has 1 saturated heterocycles. The minimum absolute atomic E-state index is 0.0337. The number of rotatable bonds is 4. The highest BCUT2D eigenvalue weighted by molar-refractivity contribution is 5.94. The molecule has 1 fully saturated rings. The fourth-order valence-corrected chi connectivity index (χ4v) is 2.90. The molecule has 1 aliphatic rings. The van der Waals surface area contributed by atoms with Gasteiger partial charge in [0.15, 0.2) is 0 Å². The lowest BCUT2D eigenvalue weighted by Crippen LogP contribution is -2.42. The molecule has 134 valence electrons. The second kappa shape index (κ2) is 7.31. The number of nitrogens with zero attached hydrogens (tertiary/aromatic N) is 1. The number of hydrogen-bond acceptors (Lipinski definition) is 3. The van der Waals surface area contributed by atoms with E-state index in [1.807, 2.05) is 0 Å². The lowest BCUT2D eigenvalue weighted by Gasteiger charge is -2.34. The van der Waals surface area contributed by atoms with Crippen LogP contribution in [0.25, 0.3) is 0 Å². The quantitative estimate of drug-likeness (QED) is 0.830. The molecule has 4 nitrogen and oxygen atoms in total. The predicted molar refractivity (Wildman–Crippen MR) is 83.9 cm³/mol. The zero-order valence-electron chi connectivity index (χ0n) is 13.5. The Morgan fingerprint density at radius 3 is 2.36 bits per heavy atom. The largest absolute Gasteiger partial charge is 0.467 e. The van der Waals surface area contributed by atoms with Gasteiger partial charge in [-0.1, -0.05) is 0 Å². The Hall–Kier alpha value is -2.28. The molecule has 0 aliphatic carbocycles. The summed E-state index contributed by atoms with van der Waals surface area (Å²) in [7, 11) is 0. The molecule has 25 heavy (non-hydrogen) atoms. The minimum atomic E-state index is -4.42. The van der Waals surface area contributed by atoms with E-state index in [1.54, 1.807) is 17.0 Å². The minimum Gasteiger partial charge on any atom is -0.467 e. The zero-order valence-corrected chi connectivity index (χ0v) is 13.5. The highest BCUT2D eigenvalue weighted by atomic mass is 19.4. The Bertz CT molecular complexity index is 689. The molecule has 1 amide bonds. The van der Waals surface area contributed by atoms with Crippen molar-refractivity contribution < 1.29 is 27.1 Å². The van der Waals surface area contributed by atoms with E-state index in [-0.39, 0.29) is 24.1 Å². The van der Waals surface area contributed by atoms with E-state index in [0.29, 0.717) is 31.8 Å². The van der Waals surface area contributed by atoms with Crippen molar-refractivity contribution in [3.8, 4) is 0 Å². The smallest absolute Gasteiger partial charge is 0.416 e. The summed E-state index contributed by atoms with van der Waals surface area (Å²) in [6.07, 6.45) is -1.52. The zero-order chi connectivity index (χ0) is 17.9. The summed E-state index contributed by atoms with van der Waals surface area (Å²) in [5.41, 5.74) is -0.543. The highest BCUT2D eigenvalue weighted by Crippen LogP contribution is 2.29. The SMILES string of the molecule is O=C(c1ccc(C(F)(F)F)cc1)N(Cc1ccco1)C1CCOCC1. The van der Waals surface area contributed by atoms with Crippen molar-refractivity contribution in [1.82, 2.24) is 4.90 Å². The predicted octanol–water partition coefficient (Wildman–Crippen LogP) is 4.12. The van der Waals surface area contributed by atoms with Crippen LogP contribution < -0.4 is 0 Å². The molecule has 1 aromatic heterocycles. The number of carbonyl (C=O) groups is 1. The number of alkyl halides is 3. The van der Waals surface area contributed by atoms with Gasteiger partial charge in [0, 0.05) is 24.8 Å². The molecule has 2 heterocycles. The number of halogens is 3. The maximum absolute atomic E-state index is 12.9. The van der Waals surface area contributed by atoms with Crippen LogP contribution in [0.3, 0.4) is 0 Å². The molecular weight excluding hydrogens is 335 g/mol. The van der Waals surface area contributed by atoms with Crippen LogP contribution >= 0.6 is 0 Å². The number of carbonyl (C=O) groups excluding carboxylic acids is 1. The van der Waals surface area contributed by atoms with Crippen LogP contribution in [0.5, 0.6) is 0 Å². The third kappa shape index (κ3) is 4.22. The maximum atomic E-state index is 12.9. The Labute approximate surface area is 143 Å². The lowest BCUT2D eigenvalue weighted by atomic mass is 10.0. The molecular formula is C18H18F3NO3. The van der Waals surface area contributed by atoms with Crippen molar-refractivity contribution >= 4 is 5.91 Å². The summed E-state index contributed by atoms with van der Waals surface area (Å²) < 4.78 is 48.8. The first-order chi connectivity index (χ1) is 11.9. The second-order valence-corrected chi connectivity index (χ2v) is 5.93. The summed E-state index contributed by atoms with van der Waals surface area (Å²) in [6, 6.07) is 7.78. The Balaban J connectivity index is 1.82. The Morgan fingerprint density at radius 2 is 1.80 bits per heavy atom. The van der Waals surface area contributed by atoms with Gasteiger partial charge < -0.3 is 14.1 Å². The van der Waals surface area contributed by atoms with Gasteiger partial charge in [-0.05, 0) is 49.2 Å². The van der Waals surface area contributed by atoms with Crippen molar-refractivity contribution in [2.75, 3.05) is 13.2 Å². The van der Waals surface area contributed by atoms with Crippen molar-refractivity contribution in [3.05, 3.63) is 59.5 Å². The first-order valence-electron chi connectivity index (χ1n) is 8.03. The van der Waals surface area contributed by atoms with Gasteiger partial charge in [-0.3, -0.25) is 4.79 Å². The molecule has 0 N–H and O–H groups in total. The molecule has 0 bridgehead atoms. The van der Waals surface area contributed by atoms with Gasteiger partial charge in [-0.15, -0.1) is 0 Å². The van der Waals surface area contributed by atoms with Gasteiger partial charge in [-0.2, -0.15) is 13.2 Å². The van der Waals surface area contributed by atoms with Crippen LogP contribution in [-0.2, 0) is 17.5 Å². The van der Waals surface area contributed by atoms with Gasteiger partial charge in [0.2, 0.25) is 0 Å². The number of furan rings is 1. The molecule has 0 unspecified atom stereocenters. The average molecular weight is 353 g/mol. The first-order valence-corrected chi connectivity index (χ1v) is 8.03. The van der Waals surface area contributed by atoms with E-state index in [1.165, 1.54) is 18.4 Å². The summed E-state index contributed by atoms with van der Waals surface area (Å²) in [5, 5.41) is 0. The van der Waals surface area contributed by atoms with Crippen molar-refractivity contribution in [3.63, 3.8) is 0 Å². The first kappa shape index (κ1) is 17.5. The third-order valence-corrected chi connectivity index (χ3v) is 4.26. The topological polar surface area (TPSA) is 42.7 Å². The molecule has 0 radical (unpaired) electrons. The molecule has 2 aromatic rings. The van der Waals surface area contributed by atoms with Crippen LogP contribution in [-0.4, -0.2) is 30.1 Å². The van der Waals surface area contributed by atoms with Gasteiger partial charge in [-0.25, -0.2) is 0 Å². The van der Waals surface area contributed by atoms with E-state index in [0.717, 1.165) is 12.1 Å². The number of hydrogen-bond donors (Lipinski definition) is 0. The van der Waals surface area contributed by atoms with Gasteiger partial charge in [0.1, 0.15) is 5.76 Å². The second-order valence-electron chi connectivity index (χ2n) is 5.93. The van der Waals surface area contributed by atoms with Crippen LogP contribution in [0.2, 0.25) is 0 Å². The number of amides is 1. The summed E-state index contributed by atoms with van der Waals surface area (Å²) in [6.45, 7) is 1.39. The van der Waals surface area contributed by atoms with E-state index < -0.39 is 11.7 Å². The molecule has 1 aromatic carbocycles. The number of ether oxygens (including phenoxy) is 1. The monoisotopic (exact) mass is 353 g/mol. The van der Waals surface area contributed by atoms with Crippen LogP contribution in [0.1, 0.15) is 34.5 Å². The summed E-state index contributed by atoms with van der Waals surface area (Å²) in [5.74, 6) is 0.323. The normalized spacial score (nSPS) is 16.0.